The van der Waals surface area contributed by atoms with Crippen molar-refractivity contribution in [3.63, 3.8) is 0 Å². The summed E-state index contributed by atoms with van der Waals surface area (Å²) >= 11 is 0. The van der Waals surface area contributed by atoms with E-state index in [-0.39, 0.29) is 5.95 Å². The standard InChI is InChI=1S/C8H10F3N3/c1-5-3-6(2)14-7(13-5)12-4-8(9,10)11/h3H,4H2,1-2H3,(H,12,13,14). The van der Waals surface area contributed by atoms with Crippen molar-refractivity contribution >= 4 is 5.95 Å². The zero-order chi connectivity index (χ0) is 10.8. The second kappa shape index (κ2) is 3.81. The second-order valence-electron chi connectivity index (χ2n) is 2.94. The van der Waals surface area contributed by atoms with Crippen molar-refractivity contribution in [1.29, 1.82) is 0 Å². The maximum atomic E-state index is 11.8. The van der Waals surface area contributed by atoms with Gasteiger partial charge in [0.2, 0.25) is 5.95 Å². The number of halogens is 3. The normalized spacial score (nSPS) is 11.5. The van der Waals surface area contributed by atoms with Crippen LogP contribution in [0.4, 0.5) is 19.1 Å². The van der Waals surface area contributed by atoms with E-state index < -0.39 is 12.7 Å². The molecule has 0 aliphatic heterocycles. The summed E-state index contributed by atoms with van der Waals surface area (Å²) in [6.45, 7) is 2.29. The van der Waals surface area contributed by atoms with E-state index in [2.05, 4.69) is 15.3 Å². The van der Waals surface area contributed by atoms with Crippen LogP contribution < -0.4 is 5.32 Å². The quantitative estimate of drug-likeness (QED) is 0.803. The van der Waals surface area contributed by atoms with Crippen LogP contribution >= 0.6 is 0 Å². The lowest BCUT2D eigenvalue weighted by Gasteiger charge is -2.08. The first-order valence-corrected chi connectivity index (χ1v) is 4.00. The molecule has 0 radical (unpaired) electrons. The second-order valence-corrected chi connectivity index (χ2v) is 2.94. The summed E-state index contributed by atoms with van der Waals surface area (Å²) in [6, 6.07) is 1.69. The number of hydrogen-bond acceptors (Lipinski definition) is 3. The van der Waals surface area contributed by atoms with Gasteiger partial charge in [-0.05, 0) is 19.9 Å². The maximum absolute atomic E-state index is 11.8. The van der Waals surface area contributed by atoms with Crippen LogP contribution in [0, 0.1) is 13.8 Å². The Morgan fingerprint density at radius 1 is 1.21 bits per heavy atom. The molecule has 0 aliphatic rings. The van der Waals surface area contributed by atoms with Gasteiger partial charge in [0.15, 0.2) is 0 Å². The SMILES string of the molecule is Cc1cc(C)nc(NCC(F)(F)F)n1. The van der Waals surface area contributed by atoms with Gasteiger partial charge >= 0.3 is 6.18 Å². The third-order valence-corrected chi connectivity index (χ3v) is 1.43. The molecule has 3 nitrogen and oxygen atoms in total. The van der Waals surface area contributed by atoms with Crippen molar-refractivity contribution in [3.8, 4) is 0 Å². The van der Waals surface area contributed by atoms with Crippen LogP contribution in [0.3, 0.4) is 0 Å². The Kier molecular flexibility index (Phi) is 2.93. The number of hydrogen-bond donors (Lipinski definition) is 1. The van der Waals surface area contributed by atoms with Gasteiger partial charge < -0.3 is 5.32 Å². The number of anilines is 1. The van der Waals surface area contributed by atoms with Gasteiger partial charge in [0, 0.05) is 11.4 Å². The van der Waals surface area contributed by atoms with E-state index in [0.29, 0.717) is 11.4 Å². The molecule has 0 aromatic carbocycles. The van der Waals surface area contributed by atoms with E-state index in [1.54, 1.807) is 19.9 Å². The Bertz CT molecular complexity index is 302. The van der Waals surface area contributed by atoms with E-state index in [1.165, 1.54) is 0 Å². The minimum Gasteiger partial charge on any atom is -0.345 e. The molecule has 6 heteroatoms. The van der Waals surface area contributed by atoms with E-state index in [9.17, 15) is 13.2 Å². The van der Waals surface area contributed by atoms with Crippen LogP contribution in [-0.4, -0.2) is 22.7 Å². The largest absolute Gasteiger partial charge is 0.405 e. The van der Waals surface area contributed by atoms with Gasteiger partial charge in [-0.25, -0.2) is 9.97 Å². The van der Waals surface area contributed by atoms with E-state index in [0.717, 1.165) is 0 Å². The molecular formula is C8H10F3N3. The molecule has 1 N–H and O–H groups in total. The lowest BCUT2D eigenvalue weighted by Crippen LogP contribution is -2.22. The lowest BCUT2D eigenvalue weighted by atomic mass is 10.4. The fraction of sp³-hybridized carbons (Fsp3) is 0.500. The number of aryl methyl sites for hydroxylation is 2. The smallest absolute Gasteiger partial charge is 0.345 e. The molecule has 0 bridgehead atoms. The zero-order valence-corrected chi connectivity index (χ0v) is 7.81. The molecule has 0 atom stereocenters. The predicted molar refractivity (Wildman–Crippen MR) is 46.1 cm³/mol. The summed E-state index contributed by atoms with van der Waals surface area (Å²) in [5, 5.41) is 2.12. The molecule has 0 spiro atoms. The minimum absolute atomic E-state index is 0.0137. The first-order valence-electron chi connectivity index (χ1n) is 4.00. The van der Waals surface area contributed by atoms with Crippen LogP contribution in [0.25, 0.3) is 0 Å². The van der Waals surface area contributed by atoms with Crippen molar-refractivity contribution in [2.24, 2.45) is 0 Å². The van der Waals surface area contributed by atoms with Gasteiger partial charge in [-0.15, -0.1) is 0 Å². The average Bonchev–Trinajstić information content (AvgIpc) is 1.97. The Balaban J connectivity index is 2.68. The summed E-state index contributed by atoms with van der Waals surface area (Å²) in [5.74, 6) is 0.0137. The third-order valence-electron chi connectivity index (χ3n) is 1.43. The fourth-order valence-corrected chi connectivity index (χ4v) is 0.984. The van der Waals surface area contributed by atoms with Crippen molar-refractivity contribution in [2.45, 2.75) is 20.0 Å². The van der Waals surface area contributed by atoms with Crippen LogP contribution in [0.1, 0.15) is 11.4 Å². The lowest BCUT2D eigenvalue weighted by molar-refractivity contribution is -0.115. The molecule has 1 heterocycles. The molecule has 0 amide bonds. The molecule has 1 rings (SSSR count). The summed E-state index contributed by atoms with van der Waals surface area (Å²) in [7, 11) is 0. The summed E-state index contributed by atoms with van der Waals surface area (Å²) in [5.41, 5.74) is 1.28. The highest BCUT2D eigenvalue weighted by Gasteiger charge is 2.27. The van der Waals surface area contributed by atoms with Crippen LogP contribution in [0.5, 0.6) is 0 Å². The van der Waals surface area contributed by atoms with Crippen molar-refractivity contribution < 1.29 is 13.2 Å². The summed E-state index contributed by atoms with van der Waals surface area (Å²) in [4.78, 5) is 7.63. The number of nitrogens with one attached hydrogen (secondary N) is 1. The third kappa shape index (κ3) is 3.59. The van der Waals surface area contributed by atoms with E-state index in [1.807, 2.05) is 0 Å². The number of aromatic nitrogens is 2. The highest BCUT2D eigenvalue weighted by molar-refractivity contribution is 5.27. The Labute approximate surface area is 79.4 Å². The molecule has 14 heavy (non-hydrogen) atoms. The number of nitrogens with zero attached hydrogens (tertiary/aromatic N) is 2. The van der Waals surface area contributed by atoms with Crippen LogP contribution in [-0.2, 0) is 0 Å². The summed E-state index contributed by atoms with van der Waals surface area (Å²) in [6.07, 6.45) is -4.25. The van der Waals surface area contributed by atoms with Gasteiger partial charge in [-0.1, -0.05) is 0 Å². The monoisotopic (exact) mass is 205 g/mol. The molecular weight excluding hydrogens is 195 g/mol. The van der Waals surface area contributed by atoms with Crippen molar-refractivity contribution in [1.82, 2.24) is 9.97 Å². The van der Waals surface area contributed by atoms with Gasteiger partial charge in [-0.3, -0.25) is 0 Å². The van der Waals surface area contributed by atoms with Gasteiger partial charge in [0.05, 0.1) is 0 Å². The van der Waals surface area contributed by atoms with Crippen molar-refractivity contribution in [2.75, 3.05) is 11.9 Å². The minimum atomic E-state index is -4.25. The zero-order valence-electron chi connectivity index (χ0n) is 7.81. The van der Waals surface area contributed by atoms with Crippen molar-refractivity contribution in [3.05, 3.63) is 17.5 Å². The molecule has 78 valence electrons. The Morgan fingerprint density at radius 2 is 1.71 bits per heavy atom. The van der Waals surface area contributed by atoms with Gasteiger partial charge in [0.25, 0.3) is 0 Å². The van der Waals surface area contributed by atoms with Crippen LogP contribution in [0.15, 0.2) is 6.07 Å². The Hall–Kier alpha value is -1.33. The van der Waals surface area contributed by atoms with E-state index in [4.69, 9.17) is 0 Å². The fourth-order valence-electron chi connectivity index (χ4n) is 0.984. The molecule has 1 aromatic rings. The topological polar surface area (TPSA) is 37.8 Å². The first-order chi connectivity index (χ1) is 6.37. The number of alkyl halides is 3. The molecule has 0 saturated heterocycles. The molecule has 0 aliphatic carbocycles. The average molecular weight is 205 g/mol. The van der Waals surface area contributed by atoms with Gasteiger partial charge in [-0.2, -0.15) is 13.2 Å². The molecule has 0 fully saturated rings. The number of rotatable bonds is 2. The molecule has 1 aromatic heterocycles. The maximum Gasteiger partial charge on any atom is 0.405 e. The first kappa shape index (κ1) is 10.7. The molecule has 0 unspecified atom stereocenters. The van der Waals surface area contributed by atoms with Crippen LogP contribution in [0.2, 0.25) is 0 Å². The summed E-state index contributed by atoms with van der Waals surface area (Å²) < 4.78 is 35.5. The predicted octanol–water partition coefficient (Wildman–Crippen LogP) is 2.07. The van der Waals surface area contributed by atoms with E-state index >= 15 is 0 Å². The molecule has 0 saturated carbocycles. The highest BCUT2D eigenvalue weighted by Crippen LogP contribution is 2.14. The highest BCUT2D eigenvalue weighted by atomic mass is 19.4. The Morgan fingerprint density at radius 3 is 2.14 bits per heavy atom. The van der Waals surface area contributed by atoms with Gasteiger partial charge in [0.1, 0.15) is 6.54 Å².